The van der Waals surface area contributed by atoms with Crippen LogP contribution < -0.4 is 10.6 Å². The van der Waals surface area contributed by atoms with Crippen LogP contribution in [0.2, 0.25) is 0 Å². The van der Waals surface area contributed by atoms with Crippen LogP contribution in [0.4, 0.5) is 0 Å². The molecule has 1 aromatic rings. The second kappa shape index (κ2) is 8.29. The summed E-state index contributed by atoms with van der Waals surface area (Å²) in [6, 6.07) is 0.949. The third-order valence-corrected chi connectivity index (χ3v) is 4.40. The largest absolute Gasteiger partial charge is 0.355 e. The molecule has 2 N–H and O–H groups in total. The zero-order valence-corrected chi connectivity index (χ0v) is 15.1. The maximum atomic E-state index is 4.67. The van der Waals surface area contributed by atoms with E-state index in [1.807, 2.05) is 18.5 Å². The minimum absolute atomic E-state index is 0.341. The number of aryl methyl sites for hydroxylation is 1. The second-order valence-electron chi connectivity index (χ2n) is 6.49. The predicted octanol–water partition coefficient (Wildman–Crippen LogP) is 1.05. The van der Waals surface area contributed by atoms with Crippen molar-refractivity contribution in [3.63, 3.8) is 0 Å². The van der Waals surface area contributed by atoms with Crippen LogP contribution in [0.15, 0.2) is 4.99 Å². The Morgan fingerprint density at radius 3 is 2.78 bits per heavy atom. The van der Waals surface area contributed by atoms with Crippen molar-refractivity contribution in [1.29, 1.82) is 0 Å². The number of nitrogens with one attached hydrogen (secondary N) is 2. The lowest BCUT2D eigenvalue weighted by molar-refractivity contribution is 0.267. The molecule has 0 aliphatic carbocycles. The number of nitrogens with zero attached hydrogens (tertiary/aromatic N) is 5. The van der Waals surface area contributed by atoms with Crippen molar-refractivity contribution in [2.75, 3.05) is 19.6 Å². The van der Waals surface area contributed by atoms with E-state index in [9.17, 15) is 0 Å². The second-order valence-corrected chi connectivity index (χ2v) is 6.49. The number of guanidine groups is 1. The van der Waals surface area contributed by atoms with Crippen molar-refractivity contribution in [3.8, 4) is 0 Å². The zero-order valence-electron chi connectivity index (χ0n) is 15.1. The van der Waals surface area contributed by atoms with Gasteiger partial charge in [-0.25, -0.2) is 4.99 Å². The van der Waals surface area contributed by atoms with Crippen LogP contribution in [0.1, 0.15) is 45.3 Å². The van der Waals surface area contributed by atoms with Gasteiger partial charge in [-0.3, -0.25) is 4.90 Å². The molecule has 7 nitrogen and oxygen atoms in total. The predicted molar refractivity (Wildman–Crippen MR) is 93.4 cm³/mol. The molecule has 0 spiro atoms. The van der Waals surface area contributed by atoms with E-state index in [0.717, 1.165) is 30.7 Å². The van der Waals surface area contributed by atoms with Crippen molar-refractivity contribution in [2.45, 2.75) is 59.2 Å². The first-order valence-corrected chi connectivity index (χ1v) is 8.65. The molecular weight excluding hydrogens is 290 g/mol. The van der Waals surface area contributed by atoms with Gasteiger partial charge in [0.1, 0.15) is 12.4 Å². The Labute approximate surface area is 139 Å². The van der Waals surface area contributed by atoms with Gasteiger partial charge in [-0.05, 0) is 46.7 Å². The Hall–Kier alpha value is -1.63. The number of aliphatic imine (C=N–C) groups is 1. The molecule has 0 amide bonds. The third kappa shape index (κ3) is 4.92. The molecule has 0 aromatic carbocycles. The van der Waals surface area contributed by atoms with Gasteiger partial charge in [0.2, 0.25) is 0 Å². The molecule has 130 valence electrons. The maximum absolute atomic E-state index is 4.67. The Bertz CT molecular complexity index is 520. The van der Waals surface area contributed by atoms with Crippen molar-refractivity contribution in [1.82, 2.24) is 30.3 Å². The lowest BCUT2D eigenvalue weighted by Gasteiger charge is -2.24. The van der Waals surface area contributed by atoms with Gasteiger partial charge >= 0.3 is 0 Å². The highest BCUT2D eigenvalue weighted by Crippen LogP contribution is 2.15. The fourth-order valence-electron chi connectivity index (χ4n) is 2.92. The summed E-state index contributed by atoms with van der Waals surface area (Å²) >= 11 is 0. The van der Waals surface area contributed by atoms with Crippen molar-refractivity contribution in [3.05, 3.63) is 11.6 Å². The van der Waals surface area contributed by atoms with E-state index in [1.165, 1.54) is 19.4 Å². The van der Waals surface area contributed by atoms with Gasteiger partial charge in [-0.1, -0.05) is 6.92 Å². The van der Waals surface area contributed by atoms with Crippen molar-refractivity contribution in [2.24, 2.45) is 12.0 Å². The molecule has 2 rings (SSSR count). The molecule has 1 atom stereocenters. The van der Waals surface area contributed by atoms with Gasteiger partial charge in [0.25, 0.3) is 0 Å². The lowest BCUT2D eigenvalue weighted by Crippen LogP contribution is -2.46. The van der Waals surface area contributed by atoms with Gasteiger partial charge in [0, 0.05) is 25.7 Å². The van der Waals surface area contributed by atoms with Crippen LogP contribution >= 0.6 is 0 Å². The van der Waals surface area contributed by atoms with Crippen molar-refractivity contribution < 1.29 is 0 Å². The van der Waals surface area contributed by atoms with E-state index < -0.39 is 0 Å². The zero-order chi connectivity index (χ0) is 16.8. The van der Waals surface area contributed by atoms with Crippen LogP contribution in [-0.2, 0) is 13.6 Å². The highest BCUT2D eigenvalue weighted by Gasteiger charge is 2.22. The minimum Gasteiger partial charge on any atom is -0.355 e. The molecule has 0 saturated carbocycles. The molecule has 23 heavy (non-hydrogen) atoms. The average molecular weight is 321 g/mol. The summed E-state index contributed by atoms with van der Waals surface area (Å²) in [5.41, 5.74) is 0. The summed E-state index contributed by atoms with van der Waals surface area (Å²) in [6.07, 6.45) is 2.56. The monoisotopic (exact) mass is 321 g/mol. The molecule has 1 fully saturated rings. The minimum atomic E-state index is 0.341. The van der Waals surface area contributed by atoms with Gasteiger partial charge < -0.3 is 15.2 Å². The molecule has 1 unspecified atom stereocenters. The summed E-state index contributed by atoms with van der Waals surface area (Å²) in [5, 5.41) is 15.1. The molecule has 2 heterocycles. The molecule has 1 saturated heterocycles. The van der Waals surface area contributed by atoms with Gasteiger partial charge in [-0.15, -0.1) is 10.2 Å². The highest BCUT2D eigenvalue weighted by atomic mass is 15.3. The van der Waals surface area contributed by atoms with E-state index in [4.69, 9.17) is 0 Å². The van der Waals surface area contributed by atoms with Crippen LogP contribution in [0.5, 0.6) is 0 Å². The lowest BCUT2D eigenvalue weighted by atomic mass is 10.2. The Morgan fingerprint density at radius 1 is 1.39 bits per heavy atom. The van der Waals surface area contributed by atoms with Gasteiger partial charge in [0.05, 0.1) is 0 Å². The fraction of sp³-hybridized carbons (Fsp3) is 0.812. The van der Waals surface area contributed by atoms with E-state index in [0.29, 0.717) is 18.6 Å². The molecule has 1 aliphatic heterocycles. The number of likely N-dealkylation sites (N-methyl/N-ethyl adjacent to an activating group) is 1. The summed E-state index contributed by atoms with van der Waals surface area (Å²) < 4.78 is 1.98. The molecule has 0 bridgehead atoms. The van der Waals surface area contributed by atoms with Crippen molar-refractivity contribution >= 4 is 5.96 Å². The Morgan fingerprint density at radius 2 is 2.17 bits per heavy atom. The van der Waals surface area contributed by atoms with Crippen LogP contribution in [-0.4, -0.2) is 57.3 Å². The average Bonchev–Trinajstić information content (AvgIpc) is 3.09. The molecular formula is C16H31N7. The number of hydrogen-bond acceptors (Lipinski definition) is 4. The van der Waals surface area contributed by atoms with E-state index in [-0.39, 0.29) is 0 Å². The Balaban J connectivity index is 1.95. The summed E-state index contributed by atoms with van der Waals surface area (Å²) in [7, 11) is 1.97. The summed E-state index contributed by atoms with van der Waals surface area (Å²) in [4.78, 5) is 7.21. The number of rotatable bonds is 6. The quantitative estimate of drug-likeness (QED) is 0.605. The third-order valence-electron chi connectivity index (χ3n) is 4.40. The molecule has 7 heteroatoms. The van der Waals surface area contributed by atoms with Gasteiger partial charge in [-0.2, -0.15) is 0 Å². The number of aromatic nitrogens is 3. The van der Waals surface area contributed by atoms with Crippen LogP contribution in [0.3, 0.4) is 0 Å². The van der Waals surface area contributed by atoms with E-state index >= 15 is 0 Å². The molecule has 1 aliphatic rings. The van der Waals surface area contributed by atoms with Gasteiger partial charge in [0.15, 0.2) is 11.8 Å². The fourth-order valence-corrected chi connectivity index (χ4v) is 2.92. The van der Waals surface area contributed by atoms with Crippen LogP contribution in [0.25, 0.3) is 0 Å². The summed E-state index contributed by atoms with van der Waals surface area (Å²) in [6.45, 7) is 12.2. The number of hydrogen-bond donors (Lipinski definition) is 2. The number of likely N-dealkylation sites (tertiary alicyclic amines) is 1. The first-order chi connectivity index (χ1) is 11.0. The maximum Gasteiger partial charge on any atom is 0.191 e. The Kier molecular flexibility index (Phi) is 6.38. The standard InChI is InChI=1S/C16H31N7/c1-6-23-9-7-8-14(23)10-17-16(19-12(2)3)18-11-15-21-20-13(4)22(15)5/h12,14H,6-11H2,1-5H3,(H2,17,18,19). The first-order valence-electron chi connectivity index (χ1n) is 8.65. The van der Waals surface area contributed by atoms with E-state index in [2.05, 4.69) is 51.5 Å². The highest BCUT2D eigenvalue weighted by molar-refractivity contribution is 5.80. The van der Waals surface area contributed by atoms with Crippen LogP contribution in [0, 0.1) is 6.92 Å². The summed E-state index contributed by atoms with van der Waals surface area (Å²) in [5.74, 6) is 2.64. The normalized spacial score (nSPS) is 19.6. The SMILES string of the molecule is CCN1CCCC1CNC(=NCc1nnc(C)n1C)NC(C)C. The molecule has 1 aromatic heterocycles. The molecule has 0 radical (unpaired) electrons. The smallest absolute Gasteiger partial charge is 0.191 e. The topological polar surface area (TPSA) is 70.4 Å². The first kappa shape index (κ1) is 17.7. The van der Waals surface area contributed by atoms with E-state index in [1.54, 1.807) is 0 Å².